The fourth-order valence-corrected chi connectivity index (χ4v) is 3.28. The number of amides is 2. The molecule has 2 fully saturated rings. The lowest BCUT2D eigenvalue weighted by Gasteiger charge is -2.36. The molecule has 6 heteroatoms. The largest absolute Gasteiger partial charge is 0.444 e. The van der Waals surface area contributed by atoms with Crippen molar-refractivity contribution in [3.63, 3.8) is 0 Å². The first kappa shape index (κ1) is 18.0. The molecule has 2 aliphatic rings. The molecule has 2 atom stereocenters. The standard InChI is InChI=1S/C17H30N2O4/c1-5-14(20)18-13-8-11-22-15(13)12-6-9-19(10-7-12)16(21)23-17(2,3)4/h12-13,15H,5-11H2,1-4H3,(H,18,20)/t13-,15+/m1/s1. The number of piperidine rings is 1. The van der Waals surface area contributed by atoms with Crippen LogP contribution in [0.15, 0.2) is 0 Å². The van der Waals surface area contributed by atoms with Gasteiger partial charge in [0, 0.05) is 26.1 Å². The van der Waals surface area contributed by atoms with Crippen LogP contribution in [0.3, 0.4) is 0 Å². The summed E-state index contributed by atoms with van der Waals surface area (Å²) in [6, 6.07) is 0.112. The lowest BCUT2D eigenvalue weighted by atomic mass is 9.87. The molecule has 0 aromatic rings. The molecule has 0 spiro atoms. The molecule has 2 rings (SSSR count). The van der Waals surface area contributed by atoms with Crippen molar-refractivity contribution in [1.82, 2.24) is 10.2 Å². The summed E-state index contributed by atoms with van der Waals surface area (Å²) in [4.78, 5) is 25.5. The van der Waals surface area contributed by atoms with Crippen LogP contribution in [-0.2, 0) is 14.3 Å². The fraction of sp³-hybridized carbons (Fsp3) is 0.882. The molecule has 1 N–H and O–H groups in total. The van der Waals surface area contributed by atoms with E-state index in [4.69, 9.17) is 9.47 Å². The van der Waals surface area contributed by atoms with Crippen LogP contribution in [0.5, 0.6) is 0 Å². The van der Waals surface area contributed by atoms with Gasteiger partial charge < -0.3 is 19.7 Å². The summed E-state index contributed by atoms with van der Waals surface area (Å²) in [5.41, 5.74) is -0.460. The second kappa shape index (κ2) is 7.51. The molecule has 2 saturated heterocycles. The number of nitrogens with zero attached hydrogens (tertiary/aromatic N) is 1. The highest BCUT2D eigenvalue weighted by molar-refractivity contribution is 5.75. The number of likely N-dealkylation sites (tertiary alicyclic amines) is 1. The lowest BCUT2D eigenvalue weighted by molar-refractivity contribution is -0.122. The Labute approximate surface area is 138 Å². The summed E-state index contributed by atoms with van der Waals surface area (Å²) in [5.74, 6) is 0.468. The molecule has 0 aromatic carbocycles. The minimum atomic E-state index is -0.460. The van der Waals surface area contributed by atoms with E-state index in [-0.39, 0.29) is 24.1 Å². The van der Waals surface area contributed by atoms with Crippen molar-refractivity contribution in [3.8, 4) is 0 Å². The molecule has 0 unspecified atom stereocenters. The number of carbonyl (C=O) groups excluding carboxylic acids is 2. The van der Waals surface area contributed by atoms with E-state index < -0.39 is 5.60 Å². The van der Waals surface area contributed by atoms with E-state index >= 15 is 0 Å². The van der Waals surface area contributed by atoms with Gasteiger partial charge in [-0.3, -0.25) is 4.79 Å². The number of rotatable bonds is 3. The molecule has 0 aliphatic carbocycles. The minimum absolute atomic E-state index is 0.0753. The van der Waals surface area contributed by atoms with Gasteiger partial charge in [0.25, 0.3) is 0 Å². The topological polar surface area (TPSA) is 67.9 Å². The average molecular weight is 326 g/mol. The van der Waals surface area contributed by atoms with Gasteiger partial charge in [0.05, 0.1) is 12.1 Å². The van der Waals surface area contributed by atoms with Crippen molar-refractivity contribution in [3.05, 3.63) is 0 Å². The SMILES string of the molecule is CCC(=O)N[C@@H]1CCO[C@H]1C1CCN(C(=O)OC(C)(C)C)CC1. The highest BCUT2D eigenvalue weighted by atomic mass is 16.6. The van der Waals surface area contributed by atoms with Gasteiger partial charge in [0.2, 0.25) is 5.91 Å². The highest BCUT2D eigenvalue weighted by Gasteiger charge is 2.38. The van der Waals surface area contributed by atoms with Gasteiger partial charge in [-0.2, -0.15) is 0 Å². The molecule has 0 aromatic heterocycles. The molecule has 132 valence electrons. The maximum Gasteiger partial charge on any atom is 0.410 e. The van der Waals surface area contributed by atoms with Gasteiger partial charge in [-0.1, -0.05) is 6.92 Å². The van der Waals surface area contributed by atoms with Gasteiger partial charge in [0.15, 0.2) is 0 Å². The molecule has 0 saturated carbocycles. The van der Waals surface area contributed by atoms with Crippen LogP contribution in [0.25, 0.3) is 0 Å². The first-order valence-corrected chi connectivity index (χ1v) is 8.69. The number of carbonyl (C=O) groups is 2. The molecule has 2 aliphatic heterocycles. The highest BCUT2D eigenvalue weighted by Crippen LogP contribution is 2.30. The van der Waals surface area contributed by atoms with Crippen LogP contribution < -0.4 is 5.32 Å². The zero-order valence-electron chi connectivity index (χ0n) is 14.8. The Kier molecular flexibility index (Phi) is 5.89. The predicted molar refractivity (Wildman–Crippen MR) is 87.1 cm³/mol. The van der Waals surface area contributed by atoms with E-state index in [1.54, 1.807) is 4.90 Å². The van der Waals surface area contributed by atoms with E-state index in [1.165, 1.54) is 0 Å². The Morgan fingerprint density at radius 1 is 1.22 bits per heavy atom. The lowest BCUT2D eigenvalue weighted by Crippen LogP contribution is -2.48. The van der Waals surface area contributed by atoms with Gasteiger partial charge >= 0.3 is 6.09 Å². The zero-order chi connectivity index (χ0) is 17.0. The van der Waals surface area contributed by atoms with Crippen LogP contribution in [0.1, 0.15) is 53.4 Å². The quantitative estimate of drug-likeness (QED) is 0.864. The number of nitrogens with one attached hydrogen (secondary N) is 1. The van der Waals surface area contributed by atoms with Gasteiger partial charge in [-0.25, -0.2) is 4.79 Å². The number of hydrogen-bond acceptors (Lipinski definition) is 4. The van der Waals surface area contributed by atoms with Crippen molar-refractivity contribution in [2.45, 2.75) is 71.1 Å². The summed E-state index contributed by atoms with van der Waals surface area (Å²) in [5, 5.41) is 3.07. The third kappa shape index (κ3) is 5.09. The predicted octanol–water partition coefficient (Wildman–Crippen LogP) is 2.32. The second-order valence-electron chi connectivity index (χ2n) is 7.46. The Balaban J connectivity index is 1.84. The molecule has 0 bridgehead atoms. The van der Waals surface area contributed by atoms with Gasteiger partial charge in [-0.05, 0) is 46.0 Å². The zero-order valence-corrected chi connectivity index (χ0v) is 14.8. The van der Waals surface area contributed by atoms with Crippen LogP contribution >= 0.6 is 0 Å². The average Bonchev–Trinajstić information content (AvgIpc) is 2.93. The molecule has 2 heterocycles. The first-order valence-electron chi connectivity index (χ1n) is 8.69. The summed E-state index contributed by atoms with van der Waals surface area (Å²) in [6.07, 6.45) is 3.00. The van der Waals surface area contributed by atoms with E-state index in [0.29, 0.717) is 32.0 Å². The summed E-state index contributed by atoms with van der Waals surface area (Å²) >= 11 is 0. The molecule has 23 heavy (non-hydrogen) atoms. The summed E-state index contributed by atoms with van der Waals surface area (Å²) in [7, 11) is 0. The van der Waals surface area contributed by atoms with Crippen molar-refractivity contribution >= 4 is 12.0 Å². The summed E-state index contributed by atoms with van der Waals surface area (Å²) in [6.45, 7) is 9.58. The molecule has 2 amide bonds. The van der Waals surface area contributed by atoms with Gasteiger partial charge in [0.1, 0.15) is 5.60 Å². The van der Waals surface area contributed by atoms with Crippen LogP contribution in [0.4, 0.5) is 4.79 Å². The van der Waals surface area contributed by atoms with E-state index in [1.807, 2.05) is 27.7 Å². The van der Waals surface area contributed by atoms with Crippen molar-refractivity contribution in [1.29, 1.82) is 0 Å². The van der Waals surface area contributed by atoms with Crippen molar-refractivity contribution in [2.75, 3.05) is 19.7 Å². The number of ether oxygens (including phenoxy) is 2. The van der Waals surface area contributed by atoms with Crippen molar-refractivity contribution < 1.29 is 19.1 Å². The number of hydrogen-bond donors (Lipinski definition) is 1. The molecular weight excluding hydrogens is 296 g/mol. The van der Waals surface area contributed by atoms with Crippen LogP contribution in [0.2, 0.25) is 0 Å². The van der Waals surface area contributed by atoms with E-state index in [0.717, 1.165) is 19.3 Å². The van der Waals surface area contributed by atoms with E-state index in [9.17, 15) is 9.59 Å². The summed E-state index contributed by atoms with van der Waals surface area (Å²) < 4.78 is 11.3. The first-order chi connectivity index (χ1) is 10.8. The monoisotopic (exact) mass is 326 g/mol. The molecular formula is C17H30N2O4. The molecule has 0 radical (unpaired) electrons. The maximum absolute atomic E-state index is 12.1. The van der Waals surface area contributed by atoms with Crippen LogP contribution in [-0.4, -0.2) is 54.3 Å². The van der Waals surface area contributed by atoms with Crippen LogP contribution in [0, 0.1) is 5.92 Å². The fourth-order valence-electron chi connectivity index (χ4n) is 3.28. The Bertz CT molecular complexity index is 425. The Morgan fingerprint density at radius 3 is 2.43 bits per heavy atom. The smallest absolute Gasteiger partial charge is 0.410 e. The minimum Gasteiger partial charge on any atom is -0.444 e. The third-order valence-corrected chi connectivity index (χ3v) is 4.46. The maximum atomic E-state index is 12.1. The molecule has 6 nitrogen and oxygen atoms in total. The van der Waals surface area contributed by atoms with E-state index in [2.05, 4.69) is 5.32 Å². The third-order valence-electron chi connectivity index (χ3n) is 4.46. The Hall–Kier alpha value is -1.30. The van der Waals surface area contributed by atoms with Gasteiger partial charge in [-0.15, -0.1) is 0 Å². The normalized spacial score (nSPS) is 26.2. The van der Waals surface area contributed by atoms with Crippen molar-refractivity contribution in [2.24, 2.45) is 5.92 Å². The second-order valence-corrected chi connectivity index (χ2v) is 7.46. The Morgan fingerprint density at radius 2 is 1.87 bits per heavy atom.